The van der Waals surface area contributed by atoms with Gasteiger partial charge in [0, 0.05) is 6.07 Å². The first-order valence-electron chi connectivity index (χ1n) is 18.1. The number of anilines is 1. The highest BCUT2D eigenvalue weighted by atomic mass is 32.2. The molecule has 4 rings (SSSR count). The topological polar surface area (TPSA) is 130 Å². The molecule has 0 radical (unpaired) electrons. The van der Waals surface area contributed by atoms with Crippen molar-refractivity contribution in [3.05, 3.63) is 72.8 Å². The molecule has 0 fully saturated rings. The number of carbonyl (C=O) groups is 1. The number of ether oxygens (including phenoxy) is 2. The molecule has 3 aromatic carbocycles. The number of nitrogens with zero attached hydrogens (tertiary/aromatic N) is 4. The minimum Gasteiger partial charge on any atom is -0.497 e. The molecule has 1 amide bonds. The SMILES string of the molecule is CCCCCCCCCCCCCCCCCC1=NN(c2ccc(Oc3ccccc3)cc2S(=O)(=O)O)C(=O)[C@@H]1N=Nc1ccc(OC)cc1. The second-order valence-electron chi connectivity index (χ2n) is 12.8. The summed E-state index contributed by atoms with van der Waals surface area (Å²) in [7, 11) is -3.18. The summed E-state index contributed by atoms with van der Waals surface area (Å²) >= 11 is 0. The summed E-state index contributed by atoms with van der Waals surface area (Å²) < 4.78 is 46.2. The van der Waals surface area contributed by atoms with Crippen LogP contribution in [0.15, 0.2) is 93.0 Å². The number of para-hydroxylation sites is 1. The lowest BCUT2D eigenvalue weighted by molar-refractivity contribution is -0.117. The number of azo groups is 1. The molecule has 50 heavy (non-hydrogen) atoms. The second-order valence-corrected chi connectivity index (χ2v) is 14.2. The van der Waals surface area contributed by atoms with Crippen LogP contribution in [0.5, 0.6) is 17.2 Å². The average molecular weight is 705 g/mol. The molecule has 3 aromatic rings. The monoisotopic (exact) mass is 704 g/mol. The summed E-state index contributed by atoms with van der Waals surface area (Å²) in [6, 6.07) is 18.9. The van der Waals surface area contributed by atoms with Crippen molar-refractivity contribution in [3.63, 3.8) is 0 Å². The summed E-state index contributed by atoms with van der Waals surface area (Å²) in [6.07, 6.45) is 19.2. The van der Waals surface area contributed by atoms with Crippen LogP contribution in [-0.2, 0) is 14.9 Å². The Balaban J connectivity index is 1.37. The highest BCUT2D eigenvalue weighted by Crippen LogP contribution is 2.35. The summed E-state index contributed by atoms with van der Waals surface area (Å²) in [5, 5.41) is 14.2. The Morgan fingerprint density at radius 1 is 0.740 bits per heavy atom. The van der Waals surface area contributed by atoms with Gasteiger partial charge in [-0.1, -0.05) is 115 Å². The molecule has 0 spiro atoms. The van der Waals surface area contributed by atoms with Gasteiger partial charge in [0.25, 0.3) is 16.0 Å². The molecule has 0 aliphatic carbocycles. The molecule has 1 atom stereocenters. The molecule has 1 aliphatic rings. The molecular weight excluding hydrogens is 653 g/mol. The van der Waals surface area contributed by atoms with Crippen molar-refractivity contribution in [2.45, 2.75) is 121 Å². The van der Waals surface area contributed by atoms with E-state index in [-0.39, 0.29) is 11.4 Å². The molecule has 11 heteroatoms. The average Bonchev–Trinajstić information content (AvgIpc) is 3.43. The molecule has 0 bridgehead atoms. The number of methoxy groups -OCH3 is 1. The maximum Gasteiger partial charge on any atom is 0.296 e. The van der Waals surface area contributed by atoms with Gasteiger partial charge in [-0.15, -0.1) is 0 Å². The Bertz CT molecular complexity index is 1640. The van der Waals surface area contributed by atoms with Gasteiger partial charge < -0.3 is 9.47 Å². The maximum absolute atomic E-state index is 13.8. The van der Waals surface area contributed by atoms with Gasteiger partial charge in [-0.05, 0) is 61.4 Å². The third-order valence-corrected chi connectivity index (χ3v) is 9.68. The van der Waals surface area contributed by atoms with Gasteiger partial charge in [-0.2, -0.15) is 28.8 Å². The van der Waals surface area contributed by atoms with E-state index in [0.29, 0.717) is 29.3 Å². The fraction of sp³-hybridized carbons (Fsp3) is 0.487. The van der Waals surface area contributed by atoms with E-state index < -0.39 is 27.0 Å². The van der Waals surface area contributed by atoms with Crippen LogP contribution in [-0.4, -0.2) is 37.7 Å². The van der Waals surface area contributed by atoms with E-state index in [2.05, 4.69) is 22.3 Å². The Morgan fingerprint density at radius 2 is 1.30 bits per heavy atom. The van der Waals surface area contributed by atoms with Crippen molar-refractivity contribution >= 4 is 33.1 Å². The lowest BCUT2D eigenvalue weighted by Crippen LogP contribution is -2.31. The van der Waals surface area contributed by atoms with Gasteiger partial charge in [0.1, 0.15) is 22.1 Å². The van der Waals surface area contributed by atoms with E-state index in [1.807, 2.05) is 6.07 Å². The standard InChI is InChI=1S/C39H52N4O6S/c1-3-4-5-6-7-8-9-10-11-12-13-14-15-16-20-23-35-38(41-40-31-24-26-32(48-2)27-25-31)39(44)43(42-35)36-29-28-34(30-37(36)50(45,46)47)49-33-21-18-17-19-22-33/h17-19,21-22,24-30,38H,3-16,20,23H2,1-2H3,(H,45,46,47)/t38-/m1/s1. The molecule has 1 N–H and O–H groups in total. The third-order valence-electron chi connectivity index (χ3n) is 8.80. The largest absolute Gasteiger partial charge is 0.497 e. The molecule has 1 heterocycles. The summed E-state index contributed by atoms with van der Waals surface area (Å²) in [5.74, 6) is 0.776. The highest BCUT2D eigenvalue weighted by Gasteiger charge is 2.39. The van der Waals surface area contributed by atoms with E-state index in [1.165, 1.54) is 95.2 Å². The number of rotatable bonds is 23. The lowest BCUT2D eigenvalue weighted by atomic mass is 10.0. The number of unbranched alkanes of at least 4 members (excludes halogenated alkanes) is 14. The molecule has 0 saturated heterocycles. The van der Waals surface area contributed by atoms with Crippen LogP contribution >= 0.6 is 0 Å². The van der Waals surface area contributed by atoms with E-state index >= 15 is 0 Å². The lowest BCUT2D eigenvalue weighted by Gasteiger charge is -2.17. The fourth-order valence-corrected chi connectivity index (χ4v) is 6.66. The van der Waals surface area contributed by atoms with Gasteiger partial charge in [-0.25, -0.2) is 0 Å². The van der Waals surface area contributed by atoms with Crippen molar-refractivity contribution in [2.24, 2.45) is 15.3 Å². The molecule has 0 saturated carbocycles. The number of carbonyl (C=O) groups excluding carboxylic acids is 1. The van der Waals surface area contributed by atoms with Crippen molar-refractivity contribution in [1.29, 1.82) is 0 Å². The molecule has 0 aromatic heterocycles. The van der Waals surface area contributed by atoms with Crippen LogP contribution in [0.4, 0.5) is 11.4 Å². The van der Waals surface area contributed by atoms with Crippen LogP contribution in [0, 0.1) is 0 Å². The molecule has 10 nitrogen and oxygen atoms in total. The smallest absolute Gasteiger partial charge is 0.296 e. The Labute approximate surface area is 297 Å². The fourth-order valence-electron chi connectivity index (χ4n) is 5.98. The minimum atomic E-state index is -4.76. The van der Waals surface area contributed by atoms with Gasteiger partial charge in [0.15, 0.2) is 6.04 Å². The Hall–Kier alpha value is -4.09. The zero-order valence-corrected chi connectivity index (χ0v) is 30.3. The first kappa shape index (κ1) is 38.7. The zero-order chi connectivity index (χ0) is 35.6. The molecule has 1 aliphatic heterocycles. The van der Waals surface area contributed by atoms with Gasteiger partial charge >= 0.3 is 0 Å². The van der Waals surface area contributed by atoms with Gasteiger partial charge in [-0.3, -0.25) is 9.35 Å². The van der Waals surface area contributed by atoms with Crippen molar-refractivity contribution in [3.8, 4) is 17.2 Å². The van der Waals surface area contributed by atoms with Crippen molar-refractivity contribution < 1.29 is 27.2 Å². The zero-order valence-electron chi connectivity index (χ0n) is 29.5. The van der Waals surface area contributed by atoms with E-state index in [1.54, 1.807) is 55.6 Å². The van der Waals surface area contributed by atoms with Crippen LogP contribution in [0.25, 0.3) is 0 Å². The first-order chi connectivity index (χ1) is 24.3. The summed E-state index contributed by atoms with van der Waals surface area (Å²) in [4.78, 5) is 13.3. The van der Waals surface area contributed by atoms with Crippen molar-refractivity contribution in [2.75, 3.05) is 12.1 Å². The maximum atomic E-state index is 13.8. The highest BCUT2D eigenvalue weighted by molar-refractivity contribution is 7.86. The van der Waals surface area contributed by atoms with Crippen LogP contribution < -0.4 is 14.5 Å². The predicted molar refractivity (Wildman–Crippen MR) is 199 cm³/mol. The number of hydrogen-bond donors (Lipinski definition) is 1. The Kier molecular flexibility index (Phi) is 15.9. The third kappa shape index (κ3) is 12.4. The van der Waals surface area contributed by atoms with Crippen LogP contribution in [0.3, 0.4) is 0 Å². The second kappa shape index (κ2) is 20.6. The Morgan fingerprint density at radius 3 is 1.86 bits per heavy atom. The summed E-state index contributed by atoms with van der Waals surface area (Å²) in [6.45, 7) is 2.26. The van der Waals surface area contributed by atoms with Crippen LogP contribution in [0.2, 0.25) is 0 Å². The van der Waals surface area contributed by atoms with E-state index in [9.17, 15) is 17.8 Å². The summed E-state index contributed by atoms with van der Waals surface area (Å²) in [5.41, 5.74) is 0.936. The van der Waals surface area contributed by atoms with E-state index in [4.69, 9.17) is 9.47 Å². The molecule has 0 unspecified atom stereocenters. The number of hydrogen-bond acceptors (Lipinski definition) is 8. The predicted octanol–water partition coefficient (Wildman–Crippen LogP) is 10.9. The van der Waals surface area contributed by atoms with E-state index in [0.717, 1.165) is 24.3 Å². The van der Waals surface area contributed by atoms with Crippen molar-refractivity contribution in [1.82, 2.24) is 0 Å². The minimum absolute atomic E-state index is 0.0888. The van der Waals surface area contributed by atoms with Crippen LogP contribution in [0.1, 0.15) is 110 Å². The van der Waals surface area contributed by atoms with Gasteiger partial charge in [0.05, 0.1) is 24.2 Å². The quantitative estimate of drug-likeness (QED) is 0.0594. The number of hydrazone groups is 1. The van der Waals surface area contributed by atoms with Gasteiger partial charge in [0.2, 0.25) is 0 Å². The number of amides is 1. The molecule has 270 valence electrons. The normalized spacial score (nSPS) is 14.8. The first-order valence-corrected chi connectivity index (χ1v) is 19.5. The number of benzene rings is 3. The molecular formula is C39H52N4O6S.